The van der Waals surface area contributed by atoms with Crippen molar-refractivity contribution in [1.29, 1.82) is 0 Å². The molecule has 22 heavy (non-hydrogen) atoms. The molecular formula is C15H14ClFN4O. The summed E-state index contributed by atoms with van der Waals surface area (Å²) in [4.78, 5) is 11.5. The predicted octanol–water partition coefficient (Wildman–Crippen LogP) is 2.83. The Morgan fingerprint density at radius 3 is 2.77 bits per heavy atom. The molecule has 1 N–H and O–H groups in total. The molecule has 3 rings (SSSR count). The minimum atomic E-state index is -0.326. The highest BCUT2D eigenvalue weighted by Gasteiger charge is 2.29. The molecule has 7 heteroatoms. The van der Waals surface area contributed by atoms with Gasteiger partial charge in [0.2, 0.25) is 5.91 Å². The van der Waals surface area contributed by atoms with Crippen LogP contribution in [-0.2, 0) is 4.79 Å². The SMILES string of the molecule is Cc1nn(-c2ccc(F)cc2)c(Cl)c1/C=N/NC(=O)C1CC1. The monoisotopic (exact) mass is 320 g/mol. The molecule has 0 bridgehead atoms. The summed E-state index contributed by atoms with van der Waals surface area (Å²) in [7, 11) is 0. The largest absolute Gasteiger partial charge is 0.273 e. The Labute approximate surface area is 131 Å². The van der Waals surface area contributed by atoms with Crippen LogP contribution in [0.3, 0.4) is 0 Å². The van der Waals surface area contributed by atoms with Crippen LogP contribution in [0.15, 0.2) is 29.4 Å². The first-order valence-corrected chi connectivity index (χ1v) is 7.28. The van der Waals surface area contributed by atoms with Gasteiger partial charge in [-0.25, -0.2) is 14.5 Å². The Bertz CT molecular complexity index is 735. The van der Waals surface area contributed by atoms with E-state index in [-0.39, 0.29) is 17.6 Å². The Kier molecular flexibility index (Phi) is 3.94. The third-order valence-corrected chi connectivity index (χ3v) is 3.80. The molecule has 1 heterocycles. The van der Waals surface area contributed by atoms with E-state index < -0.39 is 0 Å². The summed E-state index contributed by atoms with van der Waals surface area (Å²) in [5.41, 5.74) is 4.42. The van der Waals surface area contributed by atoms with Gasteiger partial charge in [-0.05, 0) is 44.0 Å². The van der Waals surface area contributed by atoms with Crippen molar-refractivity contribution in [3.05, 3.63) is 46.5 Å². The lowest BCUT2D eigenvalue weighted by Gasteiger charge is -2.02. The number of amides is 1. The number of benzene rings is 1. The van der Waals surface area contributed by atoms with Gasteiger partial charge < -0.3 is 0 Å². The summed E-state index contributed by atoms with van der Waals surface area (Å²) < 4.78 is 14.5. The van der Waals surface area contributed by atoms with E-state index in [9.17, 15) is 9.18 Å². The Balaban J connectivity index is 1.81. The van der Waals surface area contributed by atoms with Crippen LogP contribution in [0.2, 0.25) is 5.15 Å². The van der Waals surface area contributed by atoms with Gasteiger partial charge in [-0.15, -0.1) is 0 Å². The molecule has 1 amide bonds. The zero-order valence-corrected chi connectivity index (χ0v) is 12.6. The van der Waals surface area contributed by atoms with Gasteiger partial charge in [0.25, 0.3) is 0 Å². The minimum Gasteiger partial charge on any atom is -0.273 e. The number of nitrogens with one attached hydrogen (secondary N) is 1. The van der Waals surface area contributed by atoms with Crippen LogP contribution in [0.5, 0.6) is 0 Å². The molecule has 1 aliphatic carbocycles. The number of hydrogen-bond donors (Lipinski definition) is 1. The zero-order valence-electron chi connectivity index (χ0n) is 11.9. The highest BCUT2D eigenvalue weighted by Crippen LogP contribution is 2.28. The van der Waals surface area contributed by atoms with E-state index >= 15 is 0 Å². The van der Waals surface area contributed by atoms with Gasteiger partial charge in [0.05, 0.1) is 23.2 Å². The van der Waals surface area contributed by atoms with Crippen LogP contribution in [-0.4, -0.2) is 21.9 Å². The maximum atomic E-state index is 13.0. The molecule has 1 aromatic carbocycles. The molecule has 0 saturated heterocycles. The fraction of sp³-hybridized carbons (Fsp3) is 0.267. The predicted molar refractivity (Wildman–Crippen MR) is 81.7 cm³/mol. The second-order valence-electron chi connectivity index (χ2n) is 5.19. The number of carbonyl (C=O) groups excluding carboxylic acids is 1. The number of aryl methyl sites for hydroxylation is 1. The average molecular weight is 321 g/mol. The normalized spacial score (nSPS) is 14.5. The van der Waals surface area contributed by atoms with Gasteiger partial charge in [-0.1, -0.05) is 11.6 Å². The van der Waals surface area contributed by atoms with E-state index in [4.69, 9.17) is 11.6 Å². The Morgan fingerprint density at radius 1 is 1.45 bits per heavy atom. The molecule has 1 saturated carbocycles. The lowest BCUT2D eigenvalue weighted by atomic mass is 10.3. The van der Waals surface area contributed by atoms with Crippen molar-refractivity contribution in [1.82, 2.24) is 15.2 Å². The molecule has 114 valence electrons. The summed E-state index contributed by atoms with van der Waals surface area (Å²) in [5, 5.41) is 8.59. The van der Waals surface area contributed by atoms with Gasteiger partial charge >= 0.3 is 0 Å². The molecule has 5 nitrogen and oxygen atoms in total. The number of rotatable bonds is 4. The second-order valence-corrected chi connectivity index (χ2v) is 5.54. The maximum Gasteiger partial charge on any atom is 0.243 e. The highest BCUT2D eigenvalue weighted by molar-refractivity contribution is 6.32. The standard InChI is InChI=1S/C15H14ClFN4O/c1-9-13(8-18-19-15(22)10-2-3-10)14(16)21(20-9)12-6-4-11(17)5-7-12/h4-8,10H,2-3H2,1H3,(H,19,22)/b18-8+. The van der Waals surface area contributed by atoms with E-state index in [0.717, 1.165) is 12.8 Å². The topological polar surface area (TPSA) is 59.3 Å². The molecular weight excluding hydrogens is 307 g/mol. The van der Waals surface area contributed by atoms with E-state index in [1.807, 2.05) is 0 Å². The van der Waals surface area contributed by atoms with Gasteiger partial charge in [-0.2, -0.15) is 10.2 Å². The summed E-state index contributed by atoms with van der Waals surface area (Å²) in [6.45, 7) is 1.79. The lowest BCUT2D eigenvalue weighted by molar-refractivity contribution is -0.122. The van der Waals surface area contributed by atoms with Crippen molar-refractivity contribution in [3.63, 3.8) is 0 Å². The van der Waals surface area contributed by atoms with Crippen molar-refractivity contribution >= 4 is 23.7 Å². The first-order chi connectivity index (χ1) is 10.6. The quantitative estimate of drug-likeness (QED) is 0.695. The number of nitrogens with zero attached hydrogens (tertiary/aromatic N) is 3. The molecule has 0 atom stereocenters. The third kappa shape index (κ3) is 3.01. The van der Waals surface area contributed by atoms with Crippen LogP contribution < -0.4 is 5.43 Å². The number of hydrazone groups is 1. The number of carbonyl (C=O) groups is 1. The summed E-state index contributed by atoms with van der Waals surface area (Å²) in [5.74, 6) is -0.306. The summed E-state index contributed by atoms with van der Waals surface area (Å²) >= 11 is 6.30. The fourth-order valence-electron chi connectivity index (χ4n) is 2.01. The molecule has 0 aliphatic heterocycles. The lowest BCUT2D eigenvalue weighted by Crippen LogP contribution is -2.19. The summed E-state index contributed by atoms with van der Waals surface area (Å²) in [6.07, 6.45) is 3.32. The summed E-state index contributed by atoms with van der Waals surface area (Å²) in [6, 6.07) is 5.85. The molecule has 2 aromatic rings. The highest BCUT2D eigenvalue weighted by atomic mass is 35.5. The molecule has 0 unspecified atom stereocenters. The van der Waals surface area contributed by atoms with Crippen molar-refractivity contribution in [2.75, 3.05) is 0 Å². The molecule has 0 radical (unpaired) electrons. The van der Waals surface area contributed by atoms with Crippen LogP contribution >= 0.6 is 11.6 Å². The zero-order chi connectivity index (χ0) is 15.7. The first kappa shape index (κ1) is 14.7. The van der Waals surface area contributed by atoms with Crippen LogP contribution in [0.25, 0.3) is 5.69 Å². The third-order valence-electron chi connectivity index (χ3n) is 3.44. The molecule has 1 aliphatic rings. The van der Waals surface area contributed by atoms with Gasteiger partial charge in [-0.3, -0.25) is 4.79 Å². The molecule has 0 spiro atoms. The van der Waals surface area contributed by atoms with Crippen molar-refractivity contribution in [3.8, 4) is 5.69 Å². The second kappa shape index (κ2) is 5.88. The van der Waals surface area contributed by atoms with Crippen LogP contribution in [0.1, 0.15) is 24.1 Å². The van der Waals surface area contributed by atoms with Gasteiger partial charge in [0, 0.05) is 5.92 Å². The maximum absolute atomic E-state index is 13.0. The van der Waals surface area contributed by atoms with E-state index in [2.05, 4.69) is 15.6 Å². The molecule has 1 aromatic heterocycles. The molecule has 1 fully saturated rings. The Morgan fingerprint density at radius 2 is 2.14 bits per heavy atom. The Hall–Kier alpha value is -2.21. The smallest absolute Gasteiger partial charge is 0.243 e. The fourth-order valence-corrected chi connectivity index (χ4v) is 2.33. The van der Waals surface area contributed by atoms with Crippen LogP contribution in [0, 0.1) is 18.7 Å². The van der Waals surface area contributed by atoms with Gasteiger partial charge in [0.15, 0.2) is 0 Å². The van der Waals surface area contributed by atoms with Gasteiger partial charge in [0.1, 0.15) is 11.0 Å². The van der Waals surface area contributed by atoms with Crippen molar-refractivity contribution in [2.24, 2.45) is 11.0 Å². The first-order valence-electron chi connectivity index (χ1n) is 6.90. The van der Waals surface area contributed by atoms with Crippen LogP contribution in [0.4, 0.5) is 4.39 Å². The number of halogens is 2. The van der Waals surface area contributed by atoms with E-state index in [1.54, 1.807) is 19.1 Å². The van der Waals surface area contributed by atoms with E-state index in [1.165, 1.54) is 23.0 Å². The van der Waals surface area contributed by atoms with Crippen molar-refractivity contribution < 1.29 is 9.18 Å². The minimum absolute atomic E-state index is 0.0732. The number of hydrogen-bond acceptors (Lipinski definition) is 3. The number of aromatic nitrogens is 2. The van der Waals surface area contributed by atoms with Crippen molar-refractivity contribution in [2.45, 2.75) is 19.8 Å². The van der Waals surface area contributed by atoms with E-state index in [0.29, 0.717) is 22.1 Å². The average Bonchev–Trinajstić information content (AvgIpc) is 3.30.